The summed E-state index contributed by atoms with van der Waals surface area (Å²) in [4.78, 5) is 9.26. The van der Waals surface area contributed by atoms with Crippen LogP contribution in [-0.2, 0) is 13.0 Å². The lowest BCUT2D eigenvalue weighted by atomic mass is 10.1. The van der Waals surface area contributed by atoms with Crippen LogP contribution in [-0.4, -0.2) is 9.97 Å². The van der Waals surface area contributed by atoms with Crippen molar-refractivity contribution in [2.75, 3.05) is 0 Å². The highest BCUT2D eigenvalue weighted by Gasteiger charge is 2.08. The molecule has 3 heteroatoms. The summed E-state index contributed by atoms with van der Waals surface area (Å²) in [6.45, 7) is 2.56. The molecule has 0 atom stereocenters. The molecule has 0 aliphatic rings. The van der Waals surface area contributed by atoms with Crippen LogP contribution in [0.5, 0.6) is 0 Å². The molecular weight excluding hydrogens is 270 g/mol. The highest BCUT2D eigenvalue weighted by atomic mass is 14.9. The predicted octanol–water partition coefficient (Wildman–Crippen LogP) is 3.83. The molecule has 0 spiro atoms. The van der Waals surface area contributed by atoms with Gasteiger partial charge >= 0.3 is 0 Å². The summed E-state index contributed by atoms with van der Waals surface area (Å²) in [5, 5.41) is 0. The summed E-state index contributed by atoms with van der Waals surface area (Å²) in [7, 11) is 0. The fourth-order valence-corrected chi connectivity index (χ4v) is 2.38. The van der Waals surface area contributed by atoms with Crippen molar-refractivity contribution in [2.45, 2.75) is 19.9 Å². The zero-order chi connectivity index (χ0) is 15.4. The molecule has 2 aromatic carbocycles. The quantitative estimate of drug-likeness (QED) is 0.794. The molecule has 2 N–H and O–H groups in total. The van der Waals surface area contributed by atoms with Gasteiger partial charge in [-0.2, -0.15) is 0 Å². The highest BCUT2D eigenvalue weighted by Crippen LogP contribution is 2.23. The van der Waals surface area contributed by atoms with Crippen molar-refractivity contribution in [1.82, 2.24) is 9.97 Å². The van der Waals surface area contributed by atoms with E-state index >= 15 is 0 Å². The van der Waals surface area contributed by atoms with Crippen LogP contribution in [0.25, 0.3) is 22.6 Å². The van der Waals surface area contributed by atoms with Gasteiger partial charge in [0.1, 0.15) is 0 Å². The van der Waals surface area contributed by atoms with E-state index in [-0.39, 0.29) is 0 Å². The summed E-state index contributed by atoms with van der Waals surface area (Å²) in [6.07, 6.45) is 1.04. The molecule has 110 valence electrons. The van der Waals surface area contributed by atoms with Gasteiger partial charge in [-0.15, -0.1) is 0 Å². The molecule has 0 saturated carbocycles. The molecule has 0 aliphatic carbocycles. The van der Waals surface area contributed by atoms with Gasteiger partial charge in [-0.05, 0) is 18.1 Å². The third-order valence-electron chi connectivity index (χ3n) is 3.68. The van der Waals surface area contributed by atoms with Gasteiger partial charge in [0.2, 0.25) is 0 Å². The van der Waals surface area contributed by atoms with E-state index in [1.54, 1.807) is 0 Å². The van der Waals surface area contributed by atoms with E-state index in [9.17, 15) is 0 Å². The molecule has 0 unspecified atom stereocenters. The first-order valence-electron chi connectivity index (χ1n) is 7.53. The smallest absolute Gasteiger partial charge is 0.160 e. The third kappa shape index (κ3) is 3.05. The van der Waals surface area contributed by atoms with E-state index in [0.29, 0.717) is 6.54 Å². The molecule has 0 bridgehead atoms. The van der Waals surface area contributed by atoms with Crippen LogP contribution in [0.1, 0.15) is 18.2 Å². The molecule has 0 aliphatic heterocycles. The van der Waals surface area contributed by atoms with Gasteiger partial charge in [0.05, 0.1) is 11.4 Å². The lowest BCUT2D eigenvalue weighted by molar-refractivity contribution is 0.972. The van der Waals surface area contributed by atoms with Crippen LogP contribution < -0.4 is 5.73 Å². The summed E-state index contributed by atoms with van der Waals surface area (Å²) in [5.74, 6) is 0.720. The van der Waals surface area contributed by atoms with Crippen LogP contribution in [0.2, 0.25) is 0 Å². The number of aromatic nitrogens is 2. The number of nitrogens with two attached hydrogens (primary N) is 1. The van der Waals surface area contributed by atoms with Crippen molar-refractivity contribution < 1.29 is 0 Å². The standard InChI is InChI=1S/C19H19N3/c1-2-14-8-10-15(11-9-14)18-12-17(13-20)21-19(22-18)16-6-4-3-5-7-16/h3-12H,2,13,20H2,1H3. The van der Waals surface area contributed by atoms with Crippen LogP contribution in [0.3, 0.4) is 0 Å². The van der Waals surface area contributed by atoms with E-state index in [0.717, 1.165) is 34.8 Å². The molecule has 0 fully saturated rings. The topological polar surface area (TPSA) is 51.8 Å². The largest absolute Gasteiger partial charge is 0.325 e. The maximum Gasteiger partial charge on any atom is 0.160 e. The van der Waals surface area contributed by atoms with Gasteiger partial charge < -0.3 is 5.73 Å². The molecule has 3 aromatic rings. The maximum absolute atomic E-state index is 5.80. The second-order valence-corrected chi connectivity index (χ2v) is 5.19. The Morgan fingerprint density at radius 3 is 2.23 bits per heavy atom. The van der Waals surface area contributed by atoms with Crippen LogP contribution in [0.4, 0.5) is 0 Å². The second kappa shape index (κ2) is 6.50. The Hall–Kier alpha value is -2.52. The fourth-order valence-electron chi connectivity index (χ4n) is 2.38. The Morgan fingerprint density at radius 2 is 1.59 bits per heavy atom. The first-order chi connectivity index (χ1) is 10.8. The second-order valence-electron chi connectivity index (χ2n) is 5.19. The molecule has 3 nitrogen and oxygen atoms in total. The van der Waals surface area contributed by atoms with Gasteiger partial charge in [0, 0.05) is 17.7 Å². The first kappa shape index (κ1) is 14.4. The van der Waals surface area contributed by atoms with E-state index < -0.39 is 0 Å². The van der Waals surface area contributed by atoms with Crippen LogP contribution in [0.15, 0.2) is 60.7 Å². The monoisotopic (exact) mass is 289 g/mol. The number of nitrogens with zero attached hydrogens (tertiary/aromatic N) is 2. The van der Waals surface area contributed by atoms with E-state index in [4.69, 9.17) is 10.7 Å². The highest BCUT2D eigenvalue weighted by molar-refractivity contribution is 5.64. The zero-order valence-electron chi connectivity index (χ0n) is 12.7. The number of rotatable bonds is 4. The van der Waals surface area contributed by atoms with Crippen LogP contribution in [0, 0.1) is 0 Å². The zero-order valence-corrected chi connectivity index (χ0v) is 12.7. The van der Waals surface area contributed by atoms with Gasteiger partial charge in [-0.1, -0.05) is 61.5 Å². The molecule has 0 saturated heterocycles. The Bertz CT molecular complexity index is 749. The minimum absolute atomic E-state index is 0.405. The Morgan fingerprint density at radius 1 is 0.864 bits per heavy atom. The van der Waals surface area contributed by atoms with Crippen molar-refractivity contribution in [2.24, 2.45) is 5.73 Å². The molecule has 0 radical (unpaired) electrons. The van der Waals surface area contributed by atoms with E-state index in [1.807, 2.05) is 36.4 Å². The molecule has 22 heavy (non-hydrogen) atoms. The number of hydrogen-bond donors (Lipinski definition) is 1. The van der Waals surface area contributed by atoms with Gasteiger partial charge in [0.15, 0.2) is 5.82 Å². The SMILES string of the molecule is CCc1ccc(-c2cc(CN)nc(-c3ccccc3)n2)cc1. The molecule has 1 heterocycles. The fraction of sp³-hybridized carbons (Fsp3) is 0.158. The average molecular weight is 289 g/mol. The van der Waals surface area contributed by atoms with Gasteiger partial charge in [-0.3, -0.25) is 0 Å². The van der Waals surface area contributed by atoms with Gasteiger partial charge in [0.25, 0.3) is 0 Å². The summed E-state index contributed by atoms with van der Waals surface area (Å²) >= 11 is 0. The Balaban J connectivity index is 2.07. The number of aryl methyl sites for hydroxylation is 1. The lowest BCUT2D eigenvalue weighted by Crippen LogP contribution is -2.03. The predicted molar refractivity (Wildman–Crippen MR) is 90.2 cm³/mol. The maximum atomic E-state index is 5.80. The van der Waals surface area contributed by atoms with Gasteiger partial charge in [-0.25, -0.2) is 9.97 Å². The third-order valence-corrected chi connectivity index (χ3v) is 3.68. The molecular formula is C19H19N3. The van der Waals surface area contributed by atoms with Crippen molar-refractivity contribution >= 4 is 0 Å². The van der Waals surface area contributed by atoms with Crippen molar-refractivity contribution in [3.8, 4) is 22.6 Å². The first-order valence-corrected chi connectivity index (χ1v) is 7.53. The summed E-state index contributed by atoms with van der Waals surface area (Å²) in [5.41, 5.74) is 11.0. The minimum atomic E-state index is 0.405. The summed E-state index contributed by atoms with van der Waals surface area (Å²) in [6, 6.07) is 20.5. The Kier molecular flexibility index (Phi) is 4.26. The normalized spacial score (nSPS) is 10.6. The van der Waals surface area contributed by atoms with Crippen molar-refractivity contribution in [3.05, 3.63) is 71.9 Å². The van der Waals surface area contributed by atoms with E-state index in [2.05, 4.69) is 36.2 Å². The lowest BCUT2D eigenvalue weighted by Gasteiger charge is -2.08. The van der Waals surface area contributed by atoms with Crippen molar-refractivity contribution in [3.63, 3.8) is 0 Å². The van der Waals surface area contributed by atoms with Crippen LogP contribution >= 0.6 is 0 Å². The molecule has 1 aromatic heterocycles. The van der Waals surface area contributed by atoms with E-state index in [1.165, 1.54) is 5.56 Å². The number of hydrogen-bond acceptors (Lipinski definition) is 3. The Labute approximate surface area is 130 Å². The minimum Gasteiger partial charge on any atom is -0.325 e. The average Bonchev–Trinajstić information content (AvgIpc) is 2.62. The van der Waals surface area contributed by atoms with Crippen molar-refractivity contribution in [1.29, 1.82) is 0 Å². The summed E-state index contributed by atoms with van der Waals surface area (Å²) < 4.78 is 0. The number of benzene rings is 2. The molecule has 3 rings (SSSR count). The molecule has 0 amide bonds.